The van der Waals surface area contributed by atoms with E-state index in [2.05, 4.69) is 17.2 Å². The molecule has 0 unspecified atom stereocenters. The highest BCUT2D eigenvalue weighted by molar-refractivity contribution is 7.91. The molecule has 1 heterocycles. The Bertz CT molecular complexity index is 870. The number of rotatable bonds is 5. The fourth-order valence-corrected chi connectivity index (χ4v) is 5.00. The third kappa shape index (κ3) is 4.27. The van der Waals surface area contributed by atoms with E-state index >= 15 is 0 Å². The van der Waals surface area contributed by atoms with Crippen molar-refractivity contribution < 1.29 is 13.2 Å². The maximum Gasteiger partial charge on any atom is 0.230 e. The van der Waals surface area contributed by atoms with Gasteiger partial charge in [-0.05, 0) is 42.9 Å². The second kappa shape index (κ2) is 7.25. The summed E-state index contributed by atoms with van der Waals surface area (Å²) >= 11 is 1.56. The van der Waals surface area contributed by atoms with Crippen LogP contribution in [0.3, 0.4) is 0 Å². The minimum atomic E-state index is -3.21. The van der Waals surface area contributed by atoms with E-state index in [9.17, 15) is 13.2 Å². The van der Waals surface area contributed by atoms with Crippen molar-refractivity contribution in [2.24, 2.45) is 5.92 Å². The summed E-state index contributed by atoms with van der Waals surface area (Å²) in [5.41, 5.74) is 1.90. The first-order valence-corrected chi connectivity index (χ1v) is 10.9. The van der Waals surface area contributed by atoms with Crippen molar-refractivity contribution in [3.63, 3.8) is 0 Å². The number of amides is 1. The predicted octanol–water partition coefficient (Wildman–Crippen LogP) is 3.24. The van der Waals surface area contributed by atoms with Gasteiger partial charge in [-0.2, -0.15) is 0 Å². The topological polar surface area (TPSA) is 76.1 Å². The zero-order valence-electron chi connectivity index (χ0n) is 14.4. The van der Waals surface area contributed by atoms with Crippen LogP contribution in [0.15, 0.2) is 29.2 Å². The van der Waals surface area contributed by atoms with Crippen molar-refractivity contribution in [1.82, 2.24) is 4.98 Å². The molecule has 1 atom stereocenters. The van der Waals surface area contributed by atoms with Crippen molar-refractivity contribution >= 4 is 32.2 Å². The zero-order valence-corrected chi connectivity index (χ0v) is 16.0. The summed E-state index contributed by atoms with van der Waals surface area (Å²) in [6, 6.07) is 6.50. The Hall–Kier alpha value is -1.73. The first-order valence-electron chi connectivity index (χ1n) is 8.47. The second-order valence-electron chi connectivity index (χ2n) is 6.51. The van der Waals surface area contributed by atoms with Crippen LogP contribution in [-0.2, 0) is 33.9 Å². The molecule has 1 aromatic carbocycles. The minimum absolute atomic E-state index is 0.0696. The van der Waals surface area contributed by atoms with Gasteiger partial charge in [0.1, 0.15) is 0 Å². The van der Waals surface area contributed by atoms with Crippen LogP contribution in [0.2, 0.25) is 0 Å². The Balaban J connectivity index is 1.63. The van der Waals surface area contributed by atoms with Crippen molar-refractivity contribution in [2.75, 3.05) is 11.1 Å². The third-order valence-electron chi connectivity index (χ3n) is 4.46. The highest BCUT2D eigenvalue weighted by Crippen LogP contribution is 2.32. The number of nitrogens with zero attached hydrogens (tertiary/aromatic N) is 1. The number of sulfone groups is 1. The number of hydrogen-bond acceptors (Lipinski definition) is 5. The maximum atomic E-state index is 12.2. The minimum Gasteiger partial charge on any atom is -0.302 e. The van der Waals surface area contributed by atoms with Gasteiger partial charge in [-0.1, -0.05) is 26.0 Å². The summed E-state index contributed by atoms with van der Waals surface area (Å²) in [5, 5.41) is 3.53. The molecule has 1 N–H and O–H groups in total. The van der Waals surface area contributed by atoms with Crippen molar-refractivity contribution in [2.45, 2.75) is 44.4 Å². The summed E-state index contributed by atoms with van der Waals surface area (Å²) in [7, 11) is -3.21. The van der Waals surface area contributed by atoms with Crippen LogP contribution >= 0.6 is 11.3 Å². The standard InChI is InChI=1S/C18H22N2O3S2/c1-3-25(22,23)14-7-5-13(6-8-14)11-17(21)20-18-19-15-9-4-12(2)10-16(15)24-18/h5-8,12H,3-4,9-11H2,1-2H3,(H,19,20,21)/t12-/m0/s1. The zero-order chi connectivity index (χ0) is 18.0. The summed E-state index contributed by atoms with van der Waals surface area (Å²) in [4.78, 5) is 18.3. The lowest BCUT2D eigenvalue weighted by Crippen LogP contribution is -2.14. The van der Waals surface area contributed by atoms with Crippen molar-refractivity contribution in [3.8, 4) is 0 Å². The Morgan fingerprint density at radius 1 is 1.32 bits per heavy atom. The first-order chi connectivity index (χ1) is 11.9. The molecule has 0 aliphatic heterocycles. The predicted molar refractivity (Wildman–Crippen MR) is 99.8 cm³/mol. The van der Waals surface area contributed by atoms with Crippen LogP contribution in [0.25, 0.3) is 0 Å². The summed E-state index contributed by atoms with van der Waals surface area (Å²) in [6.07, 6.45) is 3.37. The number of fused-ring (bicyclic) bond motifs is 1. The number of thiazole rings is 1. The molecule has 1 amide bonds. The normalized spacial score (nSPS) is 17.1. The monoisotopic (exact) mass is 378 g/mol. The highest BCUT2D eigenvalue weighted by Gasteiger charge is 2.20. The molecule has 3 rings (SSSR count). The first kappa shape index (κ1) is 18.1. The van der Waals surface area contributed by atoms with Gasteiger partial charge in [0.15, 0.2) is 15.0 Å². The molecule has 0 saturated heterocycles. The maximum absolute atomic E-state index is 12.2. The number of aryl methyl sites for hydroxylation is 1. The van der Waals surface area contributed by atoms with E-state index in [0.29, 0.717) is 15.9 Å². The van der Waals surface area contributed by atoms with E-state index < -0.39 is 9.84 Å². The average Bonchev–Trinajstić information content (AvgIpc) is 2.96. The molecule has 0 radical (unpaired) electrons. The van der Waals surface area contributed by atoms with Crippen LogP contribution in [-0.4, -0.2) is 25.1 Å². The molecule has 134 valence electrons. The van der Waals surface area contributed by atoms with E-state index in [1.165, 1.54) is 4.88 Å². The molecule has 1 aliphatic carbocycles. The number of hydrogen-bond donors (Lipinski definition) is 1. The van der Waals surface area contributed by atoms with Crippen molar-refractivity contribution in [1.29, 1.82) is 0 Å². The van der Waals surface area contributed by atoms with Gasteiger partial charge < -0.3 is 5.32 Å². The molecular weight excluding hydrogens is 356 g/mol. The number of aromatic nitrogens is 1. The Morgan fingerprint density at radius 3 is 2.72 bits per heavy atom. The van der Waals surface area contributed by atoms with E-state index in [0.717, 1.165) is 30.5 Å². The molecule has 0 saturated carbocycles. The Labute approximate surface area is 152 Å². The van der Waals surface area contributed by atoms with Crippen LogP contribution < -0.4 is 5.32 Å². The van der Waals surface area contributed by atoms with Gasteiger partial charge in [-0.15, -0.1) is 11.3 Å². The molecule has 5 nitrogen and oxygen atoms in total. The quantitative estimate of drug-likeness (QED) is 0.866. The van der Waals surface area contributed by atoms with E-state index in [1.807, 2.05) is 0 Å². The highest BCUT2D eigenvalue weighted by atomic mass is 32.2. The fourth-order valence-electron chi connectivity index (χ4n) is 2.92. The number of carbonyl (C=O) groups is 1. The number of nitrogens with one attached hydrogen (secondary N) is 1. The van der Waals surface area contributed by atoms with E-state index in [1.54, 1.807) is 42.5 Å². The van der Waals surface area contributed by atoms with Crippen LogP contribution in [0.1, 0.15) is 36.4 Å². The summed E-state index contributed by atoms with van der Waals surface area (Å²) in [5.74, 6) is 0.611. The summed E-state index contributed by atoms with van der Waals surface area (Å²) < 4.78 is 23.6. The van der Waals surface area contributed by atoms with Gasteiger partial charge in [-0.3, -0.25) is 4.79 Å². The molecule has 25 heavy (non-hydrogen) atoms. The van der Waals surface area contributed by atoms with Gasteiger partial charge >= 0.3 is 0 Å². The van der Waals surface area contributed by atoms with Gasteiger partial charge in [0, 0.05) is 4.88 Å². The summed E-state index contributed by atoms with van der Waals surface area (Å²) in [6.45, 7) is 3.86. The molecule has 1 aliphatic rings. The van der Waals surface area contributed by atoms with Gasteiger partial charge in [0.05, 0.1) is 22.8 Å². The smallest absolute Gasteiger partial charge is 0.230 e. The van der Waals surface area contributed by atoms with Crippen LogP contribution in [0.5, 0.6) is 0 Å². The lowest BCUT2D eigenvalue weighted by Gasteiger charge is -2.15. The lowest BCUT2D eigenvalue weighted by molar-refractivity contribution is -0.115. The third-order valence-corrected chi connectivity index (χ3v) is 7.25. The van der Waals surface area contributed by atoms with E-state index in [4.69, 9.17) is 0 Å². The Morgan fingerprint density at radius 2 is 2.04 bits per heavy atom. The van der Waals surface area contributed by atoms with Gasteiger partial charge in [0.2, 0.25) is 5.91 Å². The van der Waals surface area contributed by atoms with Gasteiger partial charge in [-0.25, -0.2) is 13.4 Å². The van der Waals surface area contributed by atoms with Gasteiger partial charge in [0.25, 0.3) is 0 Å². The molecular formula is C18H22N2O3S2. The molecule has 2 aromatic rings. The molecule has 0 bridgehead atoms. The molecule has 0 spiro atoms. The van der Waals surface area contributed by atoms with E-state index in [-0.39, 0.29) is 18.1 Å². The number of carbonyl (C=O) groups excluding carboxylic acids is 1. The number of benzene rings is 1. The fraction of sp³-hybridized carbons (Fsp3) is 0.444. The van der Waals surface area contributed by atoms with Crippen LogP contribution in [0, 0.1) is 5.92 Å². The lowest BCUT2D eigenvalue weighted by atomic mass is 9.93. The second-order valence-corrected chi connectivity index (χ2v) is 9.87. The SMILES string of the molecule is CCS(=O)(=O)c1ccc(CC(=O)Nc2nc3c(s2)C[C@@H](C)CC3)cc1. The number of anilines is 1. The molecule has 1 aromatic heterocycles. The van der Waals surface area contributed by atoms with Crippen LogP contribution in [0.4, 0.5) is 5.13 Å². The molecule has 7 heteroatoms. The Kier molecular flexibility index (Phi) is 5.24. The average molecular weight is 379 g/mol. The van der Waals surface area contributed by atoms with Crippen molar-refractivity contribution in [3.05, 3.63) is 40.4 Å². The largest absolute Gasteiger partial charge is 0.302 e. The molecule has 0 fully saturated rings.